The van der Waals surface area contributed by atoms with Gasteiger partial charge in [0.1, 0.15) is 0 Å². The Balaban J connectivity index is 1.60. The van der Waals surface area contributed by atoms with E-state index in [-0.39, 0.29) is 24.3 Å². The Labute approximate surface area is 186 Å². The Morgan fingerprint density at radius 2 is 1.74 bits per heavy atom. The molecule has 6 heteroatoms. The summed E-state index contributed by atoms with van der Waals surface area (Å²) in [4.78, 5) is 27.9. The van der Waals surface area contributed by atoms with E-state index < -0.39 is 0 Å². The molecular formula is C25H23NO4S. The first-order chi connectivity index (χ1) is 15.1. The van der Waals surface area contributed by atoms with E-state index in [4.69, 9.17) is 9.47 Å². The summed E-state index contributed by atoms with van der Waals surface area (Å²) in [6.07, 6.45) is 0. The molecule has 0 radical (unpaired) electrons. The topological polar surface area (TPSA) is 55.8 Å². The Morgan fingerprint density at radius 3 is 2.48 bits per heavy atom. The molecule has 0 aliphatic carbocycles. The molecular weight excluding hydrogens is 410 g/mol. The van der Waals surface area contributed by atoms with Crippen LogP contribution >= 0.6 is 11.8 Å². The van der Waals surface area contributed by atoms with Crippen molar-refractivity contribution in [2.75, 3.05) is 24.4 Å². The fraction of sp³-hybridized carbons (Fsp3) is 0.200. The summed E-state index contributed by atoms with van der Waals surface area (Å²) in [5.74, 6) is 1.42. The van der Waals surface area contributed by atoms with E-state index in [1.807, 2.05) is 59.5 Å². The molecule has 3 aromatic carbocycles. The molecule has 0 saturated carbocycles. The minimum atomic E-state index is -0.141. The van der Waals surface area contributed by atoms with Crippen molar-refractivity contribution in [3.05, 3.63) is 83.9 Å². The smallest absolute Gasteiger partial charge is 0.265 e. The molecule has 1 atom stereocenters. The van der Waals surface area contributed by atoms with Gasteiger partial charge in [0, 0.05) is 16.2 Å². The molecule has 3 aromatic rings. The minimum Gasteiger partial charge on any atom is -0.493 e. The van der Waals surface area contributed by atoms with Gasteiger partial charge in [0.05, 0.1) is 18.8 Å². The van der Waals surface area contributed by atoms with Crippen molar-refractivity contribution in [1.82, 2.24) is 0 Å². The number of amides is 1. The van der Waals surface area contributed by atoms with Crippen LogP contribution in [0.5, 0.6) is 11.5 Å². The standard InChI is InChI=1S/C25H23NO4S/c1-17(27)19-12-13-22(23(14-19)29-2)30-15-25(28)26-20-10-6-7-11-24(20)31-16-21(26)18-8-4-3-5-9-18/h3-14,21H,15-16H2,1-2H3/t21-/m1/s1. The average Bonchev–Trinajstić information content (AvgIpc) is 2.82. The van der Waals surface area contributed by atoms with E-state index in [1.54, 1.807) is 30.0 Å². The lowest BCUT2D eigenvalue weighted by atomic mass is 10.1. The fourth-order valence-electron chi connectivity index (χ4n) is 3.63. The van der Waals surface area contributed by atoms with E-state index in [9.17, 15) is 9.59 Å². The zero-order valence-corrected chi connectivity index (χ0v) is 18.2. The lowest BCUT2D eigenvalue weighted by molar-refractivity contribution is -0.121. The SMILES string of the molecule is COc1cc(C(C)=O)ccc1OCC(=O)N1c2ccccc2SC[C@@H]1c1ccccc1. The van der Waals surface area contributed by atoms with Crippen molar-refractivity contribution >= 4 is 29.1 Å². The molecule has 1 aliphatic rings. The predicted octanol–water partition coefficient (Wildman–Crippen LogP) is 5.16. The summed E-state index contributed by atoms with van der Waals surface area (Å²) in [7, 11) is 1.51. The first-order valence-corrected chi connectivity index (χ1v) is 11.0. The third-order valence-electron chi connectivity index (χ3n) is 5.21. The number of benzene rings is 3. The number of ether oxygens (including phenoxy) is 2. The molecule has 31 heavy (non-hydrogen) atoms. The lowest BCUT2D eigenvalue weighted by Crippen LogP contribution is -2.41. The number of rotatable bonds is 6. The second-order valence-corrected chi connectivity index (χ2v) is 8.24. The van der Waals surface area contributed by atoms with Crippen LogP contribution in [0.15, 0.2) is 77.7 Å². The number of carbonyl (C=O) groups is 2. The maximum atomic E-state index is 13.4. The van der Waals surface area contributed by atoms with Gasteiger partial charge in [-0.25, -0.2) is 0 Å². The number of ketones is 1. The first kappa shape index (κ1) is 21.0. The van der Waals surface area contributed by atoms with Crippen molar-refractivity contribution in [2.24, 2.45) is 0 Å². The number of carbonyl (C=O) groups excluding carboxylic acids is 2. The Kier molecular flexibility index (Phi) is 6.28. The van der Waals surface area contributed by atoms with Crippen LogP contribution in [-0.2, 0) is 4.79 Å². The van der Waals surface area contributed by atoms with Crippen molar-refractivity contribution in [3.8, 4) is 11.5 Å². The van der Waals surface area contributed by atoms with Crippen LogP contribution < -0.4 is 14.4 Å². The maximum Gasteiger partial charge on any atom is 0.265 e. The summed E-state index contributed by atoms with van der Waals surface area (Å²) >= 11 is 1.75. The molecule has 1 heterocycles. The Bertz CT molecular complexity index is 1100. The van der Waals surface area contributed by atoms with Crippen molar-refractivity contribution in [3.63, 3.8) is 0 Å². The van der Waals surface area contributed by atoms with Crippen LogP contribution in [0.4, 0.5) is 5.69 Å². The van der Waals surface area contributed by atoms with Crippen LogP contribution in [0, 0.1) is 0 Å². The molecule has 0 N–H and O–H groups in total. The zero-order valence-electron chi connectivity index (χ0n) is 17.4. The molecule has 0 bridgehead atoms. The molecule has 0 aromatic heterocycles. The van der Waals surface area contributed by atoms with Gasteiger partial charge in [0.15, 0.2) is 23.9 Å². The van der Waals surface area contributed by atoms with Gasteiger partial charge < -0.3 is 9.47 Å². The number of para-hydroxylation sites is 1. The van der Waals surface area contributed by atoms with Gasteiger partial charge in [0.25, 0.3) is 5.91 Å². The number of thioether (sulfide) groups is 1. The summed E-state index contributed by atoms with van der Waals surface area (Å²) in [6.45, 7) is 1.35. The van der Waals surface area contributed by atoms with Gasteiger partial charge in [-0.05, 0) is 42.8 Å². The largest absolute Gasteiger partial charge is 0.493 e. The number of hydrogen-bond donors (Lipinski definition) is 0. The fourth-order valence-corrected chi connectivity index (χ4v) is 4.80. The van der Waals surface area contributed by atoms with Crippen molar-refractivity contribution in [1.29, 1.82) is 0 Å². The summed E-state index contributed by atoms with van der Waals surface area (Å²) in [5.41, 5.74) is 2.50. The summed E-state index contributed by atoms with van der Waals surface area (Å²) in [6, 6.07) is 22.8. The molecule has 0 fully saturated rings. The van der Waals surface area contributed by atoms with Gasteiger partial charge in [0.2, 0.25) is 0 Å². The van der Waals surface area contributed by atoms with E-state index in [2.05, 4.69) is 0 Å². The second kappa shape index (κ2) is 9.27. The average molecular weight is 434 g/mol. The molecule has 0 spiro atoms. The van der Waals surface area contributed by atoms with Gasteiger partial charge >= 0.3 is 0 Å². The summed E-state index contributed by atoms with van der Waals surface area (Å²) < 4.78 is 11.2. The quantitative estimate of drug-likeness (QED) is 0.503. The first-order valence-electron chi connectivity index (χ1n) is 9.99. The number of methoxy groups -OCH3 is 1. The minimum absolute atomic E-state index is 0.0611. The molecule has 158 valence electrons. The van der Waals surface area contributed by atoms with Crippen molar-refractivity contribution < 1.29 is 19.1 Å². The van der Waals surface area contributed by atoms with E-state index in [0.29, 0.717) is 17.1 Å². The van der Waals surface area contributed by atoms with Gasteiger partial charge in [-0.3, -0.25) is 14.5 Å². The molecule has 1 aliphatic heterocycles. The highest BCUT2D eigenvalue weighted by molar-refractivity contribution is 7.99. The zero-order chi connectivity index (χ0) is 21.8. The lowest BCUT2D eigenvalue weighted by Gasteiger charge is -2.37. The third kappa shape index (κ3) is 4.44. The summed E-state index contributed by atoms with van der Waals surface area (Å²) in [5, 5.41) is 0. The number of fused-ring (bicyclic) bond motifs is 1. The van der Waals surface area contributed by atoms with Crippen molar-refractivity contribution in [2.45, 2.75) is 17.9 Å². The highest BCUT2D eigenvalue weighted by Crippen LogP contribution is 2.43. The number of nitrogens with zero attached hydrogens (tertiary/aromatic N) is 1. The highest BCUT2D eigenvalue weighted by Gasteiger charge is 2.32. The molecule has 5 nitrogen and oxygen atoms in total. The molecule has 1 amide bonds. The number of anilines is 1. The van der Waals surface area contributed by atoms with E-state index in [1.165, 1.54) is 14.0 Å². The Hall–Kier alpha value is -3.25. The van der Waals surface area contributed by atoms with Gasteiger partial charge in [-0.15, -0.1) is 11.8 Å². The van der Waals surface area contributed by atoms with E-state index >= 15 is 0 Å². The monoisotopic (exact) mass is 433 g/mol. The predicted molar refractivity (Wildman–Crippen MR) is 122 cm³/mol. The van der Waals surface area contributed by atoms with Gasteiger partial charge in [-0.1, -0.05) is 42.5 Å². The normalized spacial score (nSPS) is 15.2. The molecule has 4 rings (SSSR count). The molecule has 0 saturated heterocycles. The second-order valence-electron chi connectivity index (χ2n) is 7.18. The van der Waals surface area contributed by atoms with Gasteiger partial charge in [-0.2, -0.15) is 0 Å². The number of hydrogen-bond acceptors (Lipinski definition) is 5. The third-order valence-corrected chi connectivity index (χ3v) is 6.35. The molecule has 0 unspecified atom stereocenters. The van der Waals surface area contributed by atoms with Crippen LogP contribution in [0.25, 0.3) is 0 Å². The van der Waals surface area contributed by atoms with Crippen LogP contribution in [0.1, 0.15) is 28.9 Å². The van der Waals surface area contributed by atoms with Crippen LogP contribution in [0.2, 0.25) is 0 Å². The Morgan fingerprint density at radius 1 is 1.00 bits per heavy atom. The van der Waals surface area contributed by atoms with E-state index in [0.717, 1.165) is 21.9 Å². The maximum absolute atomic E-state index is 13.4. The van der Waals surface area contributed by atoms with Crippen LogP contribution in [0.3, 0.4) is 0 Å². The number of Topliss-reactive ketones (excluding diaryl/α,β-unsaturated/α-hetero) is 1. The van der Waals surface area contributed by atoms with Crippen LogP contribution in [-0.4, -0.2) is 31.2 Å². The highest BCUT2D eigenvalue weighted by atomic mass is 32.2.